The zero-order chi connectivity index (χ0) is 22.7. The molecule has 7 heteroatoms. The van der Waals surface area contributed by atoms with Crippen molar-refractivity contribution in [1.29, 1.82) is 0 Å². The van der Waals surface area contributed by atoms with Gasteiger partial charge in [0.25, 0.3) is 0 Å². The van der Waals surface area contributed by atoms with Crippen LogP contribution in [0.15, 0.2) is 74.2 Å². The van der Waals surface area contributed by atoms with E-state index in [2.05, 4.69) is 0 Å². The third kappa shape index (κ3) is 3.01. The summed E-state index contributed by atoms with van der Waals surface area (Å²) in [6.45, 7) is 1.80. The summed E-state index contributed by atoms with van der Waals surface area (Å²) < 4.78 is 22.6. The van der Waals surface area contributed by atoms with Crippen LogP contribution < -0.4 is 14.9 Å². The first kappa shape index (κ1) is 19.3. The minimum atomic E-state index is -0.685. The van der Waals surface area contributed by atoms with Crippen molar-refractivity contribution < 1.29 is 27.9 Å². The van der Waals surface area contributed by atoms with Crippen molar-refractivity contribution in [1.82, 2.24) is 0 Å². The number of carbonyl (C=O) groups excluding carboxylic acids is 2. The molecule has 0 bridgehead atoms. The summed E-state index contributed by atoms with van der Waals surface area (Å²) in [6, 6.07) is 13.5. The van der Waals surface area contributed by atoms with Crippen LogP contribution >= 0.6 is 0 Å². The van der Waals surface area contributed by atoms with E-state index in [9.17, 15) is 14.4 Å². The fourth-order valence-electron chi connectivity index (χ4n) is 4.37. The largest absolute Gasteiger partial charge is 0.464 e. The molecule has 4 aromatic rings. The fourth-order valence-corrected chi connectivity index (χ4v) is 4.37. The van der Waals surface area contributed by atoms with Crippen molar-refractivity contribution >= 4 is 28.8 Å². The van der Waals surface area contributed by atoms with Crippen molar-refractivity contribution in [3.63, 3.8) is 0 Å². The summed E-state index contributed by atoms with van der Waals surface area (Å²) in [6.07, 6.45) is 2.81. The van der Waals surface area contributed by atoms with E-state index < -0.39 is 11.9 Å². The Morgan fingerprint density at radius 3 is 2.64 bits per heavy atom. The van der Waals surface area contributed by atoms with Gasteiger partial charge >= 0.3 is 5.97 Å². The number of rotatable bonds is 2. The second-order valence-electron chi connectivity index (χ2n) is 7.99. The molecule has 0 saturated carbocycles. The van der Waals surface area contributed by atoms with E-state index >= 15 is 0 Å². The van der Waals surface area contributed by atoms with Crippen LogP contribution in [-0.2, 0) is 4.79 Å². The molecule has 0 amide bonds. The van der Waals surface area contributed by atoms with Crippen molar-refractivity contribution in [2.24, 2.45) is 0 Å². The number of hydrogen-bond acceptors (Lipinski definition) is 7. The Bertz CT molecular complexity index is 1570. The minimum absolute atomic E-state index is 0.0828. The van der Waals surface area contributed by atoms with Crippen LogP contribution in [0.1, 0.15) is 45.3 Å². The number of hydrogen-bond donors (Lipinski definition) is 0. The number of ketones is 1. The predicted molar refractivity (Wildman–Crippen MR) is 117 cm³/mol. The average molecular weight is 440 g/mol. The average Bonchev–Trinajstić information content (AvgIpc) is 3.36. The van der Waals surface area contributed by atoms with Gasteiger partial charge in [-0.15, -0.1) is 0 Å². The van der Waals surface area contributed by atoms with Gasteiger partial charge in [-0.2, -0.15) is 0 Å². The molecule has 0 N–H and O–H groups in total. The van der Waals surface area contributed by atoms with Crippen LogP contribution in [0.2, 0.25) is 0 Å². The Morgan fingerprint density at radius 2 is 1.82 bits per heavy atom. The van der Waals surface area contributed by atoms with Gasteiger partial charge in [0.15, 0.2) is 11.2 Å². The molecule has 7 nitrogen and oxygen atoms in total. The SMILES string of the molecule is Cc1ccc(C=C2Oc3c(ccc4c3C(c3coc5ccccc5c3=O)CC(=O)O4)C2=O)o1. The van der Waals surface area contributed by atoms with Crippen LogP contribution in [0.25, 0.3) is 17.0 Å². The smallest absolute Gasteiger partial charge is 0.312 e. The summed E-state index contributed by atoms with van der Waals surface area (Å²) in [5.74, 6) is 0.327. The maximum absolute atomic E-state index is 13.3. The van der Waals surface area contributed by atoms with Gasteiger partial charge in [0.05, 0.1) is 23.6 Å². The Hall–Kier alpha value is -4.39. The molecule has 2 aromatic carbocycles. The van der Waals surface area contributed by atoms with E-state index in [0.717, 1.165) is 0 Å². The lowest BCUT2D eigenvalue weighted by Crippen LogP contribution is -2.25. The highest BCUT2D eigenvalue weighted by Gasteiger charge is 2.39. The van der Waals surface area contributed by atoms with Crippen LogP contribution in [-0.4, -0.2) is 11.8 Å². The number of carbonyl (C=O) groups is 2. The highest BCUT2D eigenvalue weighted by atomic mass is 16.5. The van der Waals surface area contributed by atoms with Gasteiger partial charge in [0.2, 0.25) is 5.78 Å². The van der Waals surface area contributed by atoms with E-state index in [1.54, 1.807) is 55.5 Å². The molecule has 0 fully saturated rings. The molecule has 4 heterocycles. The molecule has 162 valence electrons. The van der Waals surface area contributed by atoms with Crippen molar-refractivity contribution in [2.75, 3.05) is 0 Å². The first-order valence-corrected chi connectivity index (χ1v) is 10.4. The summed E-state index contributed by atoms with van der Waals surface area (Å²) in [5.41, 5.74) is 1.31. The molecule has 1 unspecified atom stereocenters. The number of fused-ring (bicyclic) bond motifs is 4. The maximum atomic E-state index is 13.3. The molecule has 0 saturated heterocycles. The van der Waals surface area contributed by atoms with Gasteiger partial charge in [-0.1, -0.05) is 12.1 Å². The molecular formula is C26H16O7. The number of para-hydroxylation sites is 1. The molecule has 1 atom stereocenters. The summed E-state index contributed by atoms with van der Waals surface area (Å²) in [7, 11) is 0. The van der Waals surface area contributed by atoms with E-state index in [1.165, 1.54) is 12.3 Å². The highest BCUT2D eigenvalue weighted by Crippen LogP contribution is 2.48. The number of esters is 1. The fraction of sp³-hybridized carbons (Fsp3) is 0.115. The molecule has 2 aliphatic heterocycles. The standard InChI is InChI=1S/C26H16O7/c1-13-6-7-14(31-13)10-21-25(29)16-8-9-20-23(26(16)33-21)17(11-22(27)32-20)18-12-30-19-5-3-2-4-15(19)24(18)28/h2-10,12,17H,11H2,1H3. The second kappa shape index (κ2) is 7.06. The zero-order valence-corrected chi connectivity index (χ0v) is 17.4. The van der Waals surface area contributed by atoms with Gasteiger partial charge in [-0.05, 0) is 43.3 Å². The predicted octanol–water partition coefficient (Wildman–Crippen LogP) is 4.75. The molecule has 0 aliphatic carbocycles. The topological polar surface area (TPSA) is 96.0 Å². The Kier molecular flexibility index (Phi) is 4.13. The van der Waals surface area contributed by atoms with Gasteiger partial charge in [0, 0.05) is 23.1 Å². The first-order chi connectivity index (χ1) is 16.0. The Morgan fingerprint density at radius 1 is 0.970 bits per heavy atom. The molecule has 0 radical (unpaired) electrons. The summed E-state index contributed by atoms with van der Waals surface area (Å²) >= 11 is 0. The molecule has 33 heavy (non-hydrogen) atoms. The van der Waals surface area contributed by atoms with Gasteiger partial charge in [-0.3, -0.25) is 14.4 Å². The molecule has 2 aromatic heterocycles. The van der Waals surface area contributed by atoms with E-state index in [0.29, 0.717) is 39.2 Å². The van der Waals surface area contributed by atoms with Crippen LogP contribution in [0.4, 0.5) is 0 Å². The van der Waals surface area contributed by atoms with Gasteiger partial charge in [0.1, 0.15) is 28.6 Å². The number of Topliss-reactive ketones (excluding diaryl/α,β-unsaturated/α-hetero) is 1. The minimum Gasteiger partial charge on any atom is -0.464 e. The van der Waals surface area contributed by atoms with E-state index in [4.69, 9.17) is 18.3 Å². The molecular weight excluding hydrogens is 424 g/mol. The number of allylic oxidation sites excluding steroid dienone is 1. The lowest BCUT2D eigenvalue weighted by molar-refractivity contribution is -0.135. The third-order valence-corrected chi connectivity index (χ3v) is 5.90. The lowest BCUT2D eigenvalue weighted by atomic mass is 9.85. The number of furan rings is 1. The quantitative estimate of drug-likeness (QED) is 0.252. The van der Waals surface area contributed by atoms with Crippen LogP contribution in [0.3, 0.4) is 0 Å². The lowest BCUT2D eigenvalue weighted by Gasteiger charge is -2.25. The number of ether oxygens (including phenoxy) is 2. The third-order valence-electron chi connectivity index (χ3n) is 5.90. The van der Waals surface area contributed by atoms with Crippen LogP contribution in [0, 0.1) is 6.92 Å². The normalized spacial score (nSPS) is 18.2. The van der Waals surface area contributed by atoms with Gasteiger partial charge in [-0.25, -0.2) is 0 Å². The Balaban J connectivity index is 1.52. The van der Waals surface area contributed by atoms with Crippen molar-refractivity contribution in [2.45, 2.75) is 19.3 Å². The maximum Gasteiger partial charge on any atom is 0.312 e. The number of aryl methyl sites for hydroxylation is 1. The second-order valence-corrected chi connectivity index (χ2v) is 7.99. The van der Waals surface area contributed by atoms with E-state index in [-0.39, 0.29) is 34.9 Å². The molecule has 6 rings (SSSR count). The van der Waals surface area contributed by atoms with Crippen molar-refractivity contribution in [3.05, 3.63) is 99.0 Å². The summed E-state index contributed by atoms with van der Waals surface area (Å²) in [4.78, 5) is 38.7. The molecule has 0 spiro atoms. The zero-order valence-electron chi connectivity index (χ0n) is 17.4. The number of benzene rings is 2. The summed E-state index contributed by atoms with van der Waals surface area (Å²) in [5, 5.41) is 0.411. The van der Waals surface area contributed by atoms with Crippen molar-refractivity contribution in [3.8, 4) is 11.5 Å². The van der Waals surface area contributed by atoms with Crippen LogP contribution in [0.5, 0.6) is 11.5 Å². The Labute approximate surface area is 186 Å². The molecule has 2 aliphatic rings. The van der Waals surface area contributed by atoms with E-state index in [1.807, 2.05) is 0 Å². The highest BCUT2D eigenvalue weighted by molar-refractivity contribution is 6.15. The first-order valence-electron chi connectivity index (χ1n) is 10.4. The van der Waals surface area contributed by atoms with Gasteiger partial charge < -0.3 is 18.3 Å². The monoisotopic (exact) mass is 440 g/mol.